The highest BCUT2D eigenvalue weighted by Crippen LogP contribution is 2.34. The summed E-state index contributed by atoms with van der Waals surface area (Å²) in [6, 6.07) is 10.3. The summed E-state index contributed by atoms with van der Waals surface area (Å²) in [5.41, 5.74) is 5.22. The minimum Gasteiger partial charge on any atom is -0.356 e. The van der Waals surface area contributed by atoms with E-state index in [9.17, 15) is 4.79 Å². The van der Waals surface area contributed by atoms with Crippen molar-refractivity contribution in [1.29, 1.82) is 0 Å². The summed E-state index contributed by atoms with van der Waals surface area (Å²) in [6.45, 7) is 4.17. The molecule has 1 aliphatic carbocycles. The van der Waals surface area contributed by atoms with E-state index < -0.39 is 0 Å². The van der Waals surface area contributed by atoms with Gasteiger partial charge in [0, 0.05) is 23.6 Å². The van der Waals surface area contributed by atoms with Crippen molar-refractivity contribution < 1.29 is 4.79 Å². The van der Waals surface area contributed by atoms with Gasteiger partial charge in [-0.1, -0.05) is 32.0 Å². The zero-order valence-electron chi connectivity index (χ0n) is 15.0. The molecule has 1 unspecified atom stereocenters. The maximum atomic E-state index is 12.8. The molecule has 3 aromatic rings. The van der Waals surface area contributed by atoms with Gasteiger partial charge in [-0.3, -0.25) is 9.48 Å². The molecular weight excluding hydrogens is 312 g/mol. The average Bonchev–Trinajstić information content (AvgIpc) is 3.16. The van der Waals surface area contributed by atoms with Crippen LogP contribution in [0.5, 0.6) is 0 Å². The van der Waals surface area contributed by atoms with E-state index in [1.54, 1.807) is 4.68 Å². The highest BCUT2D eigenvalue weighted by molar-refractivity contribution is 5.93. The second-order valence-electron chi connectivity index (χ2n) is 7.21. The first-order valence-electron chi connectivity index (χ1n) is 8.99. The summed E-state index contributed by atoms with van der Waals surface area (Å²) in [7, 11) is 1.83. The van der Waals surface area contributed by atoms with E-state index in [1.165, 1.54) is 10.9 Å². The number of nitrogens with one attached hydrogen (secondary N) is 2. The molecule has 5 heteroatoms. The number of para-hydroxylation sites is 1. The van der Waals surface area contributed by atoms with Gasteiger partial charge in [0.2, 0.25) is 0 Å². The number of hydrogen-bond donors (Lipinski definition) is 2. The molecule has 0 spiro atoms. The van der Waals surface area contributed by atoms with Crippen LogP contribution in [0.1, 0.15) is 66.1 Å². The maximum Gasteiger partial charge on any atom is 0.270 e. The number of rotatable bonds is 3. The Kier molecular flexibility index (Phi) is 3.86. The third kappa shape index (κ3) is 2.73. The van der Waals surface area contributed by atoms with Gasteiger partial charge in [0.25, 0.3) is 5.91 Å². The van der Waals surface area contributed by atoms with Gasteiger partial charge in [-0.15, -0.1) is 0 Å². The SMILES string of the molecule is CC(C)c1cc(C(=O)NC2CCCc3c2[nH]c2ccccc32)n(C)n1. The second-order valence-corrected chi connectivity index (χ2v) is 7.21. The molecule has 0 fully saturated rings. The van der Waals surface area contributed by atoms with Crippen molar-refractivity contribution in [1.82, 2.24) is 20.1 Å². The van der Waals surface area contributed by atoms with Crippen LogP contribution in [-0.2, 0) is 13.5 Å². The topological polar surface area (TPSA) is 62.7 Å². The molecule has 0 saturated heterocycles. The van der Waals surface area contributed by atoms with Crippen molar-refractivity contribution in [3.05, 3.63) is 53.0 Å². The van der Waals surface area contributed by atoms with E-state index in [0.717, 1.165) is 36.2 Å². The van der Waals surface area contributed by atoms with Crippen molar-refractivity contribution in [3.63, 3.8) is 0 Å². The van der Waals surface area contributed by atoms with Gasteiger partial charge < -0.3 is 10.3 Å². The number of fused-ring (bicyclic) bond motifs is 3. The lowest BCUT2D eigenvalue weighted by Gasteiger charge is -2.23. The molecule has 0 saturated carbocycles. The van der Waals surface area contributed by atoms with Crippen molar-refractivity contribution in [2.75, 3.05) is 0 Å². The quantitative estimate of drug-likeness (QED) is 0.763. The van der Waals surface area contributed by atoms with Crippen molar-refractivity contribution in [3.8, 4) is 0 Å². The van der Waals surface area contributed by atoms with Crippen molar-refractivity contribution in [2.45, 2.75) is 45.1 Å². The standard InChI is InChI=1S/C20H24N4O/c1-12(2)17-11-18(24(3)23-17)20(25)22-16-10-6-8-14-13-7-4-5-9-15(13)21-19(14)16/h4-5,7,9,11-12,16,21H,6,8,10H2,1-3H3,(H,22,25). The summed E-state index contributed by atoms with van der Waals surface area (Å²) < 4.78 is 1.68. The number of aromatic amines is 1. The Hall–Kier alpha value is -2.56. The summed E-state index contributed by atoms with van der Waals surface area (Å²) >= 11 is 0. The third-order valence-corrected chi connectivity index (χ3v) is 5.14. The molecule has 25 heavy (non-hydrogen) atoms. The van der Waals surface area contributed by atoms with Gasteiger partial charge in [-0.2, -0.15) is 5.10 Å². The highest BCUT2D eigenvalue weighted by Gasteiger charge is 2.26. The Labute approximate surface area is 147 Å². The Morgan fingerprint density at radius 1 is 1.36 bits per heavy atom. The van der Waals surface area contributed by atoms with E-state index in [2.05, 4.69) is 47.4 Å². The lowest BCUT2D eigenvalue weighted by Crippen LogP contribution is -2.32. The number of H-pyrrole nitrogens is 1. The molecule has 5 nitrogen and oxygen atoms in total. The molecule has 1 atom stereocenters. The Balaban J connectivity index is 1.63. The number of aryl methyl sites for hydroxylation is 2. The summed E-state index contributed by atoms with van der Waals surface area (Å²) in [5, 5.41) is 8.94. The van der Waals surface area contributed by atoms with Gasteiger partial charge in [0.05, 0.1) is 11.7 Å². The van der Waals surface area contributed by atoms with Crippen LogP contribution in [-0.4, -0.2) is 20.7 Å². The fourth-order valence-corrected chi connectivity index (χ4v) is 3.78. The highest BCUT2D eigenvalue weighted by atomic mass is 16.2. The van der Waals surface area contributed by atoms with Crippen LogP contribution in [0.25, 0.3) is 10.9 Å². The van der Waals surface area contributed by atoms with Crippen LogP contribution in [0.4, 0.5) is 0 Å². The van der Waals surface area contributed by atoms with Gasteiger partial charge in [-0.05, 0) is 42.9 Å². The van der Waals surface area contributed by atoms with Crippen molar-refractivity contribution in [2.24, 2.45) is 7.05 Å². The van der Waals surface area contributed by atoms with E-state index in [1.807, 2.05) is 19.2 Å². The zero-order chi connectivity index (χ0) is 17.6. The summed E-state index contributed by atoms with van der Waals surface area (Å²) in [4.78, 5) is 16.3. The number of nitrogens with zero attached hydrogens (tertiary/aromatic N) is 2. The van der Waals surface area contributed by atoms with E-state index in [4.69, 9.17) is 0 Å². The van der Waals surface area contributed by atoms with Crippen LogP contribution in [0.3, 0.4) is 0 Å². The number of carbonyl (C=O) groups excluding carboxylic acids is 1. The summed E-state index contributed by atoms with van der Waals surface area (Å²) in [6.07, 6.45) is 3.11. The van der Waals surface area contributed by atoms with Gasteiger partial charge in [-0.25, -0.2) is 0 Å². The van der Waals surface area contributed by atoms with Crippen LogP contribution in [0, 0.1) is 0 Å². The normalized spacial score (nSPS) is 17.0. The first kappa shape index (κ1) is 15.9. The molecule has 2 aromatic heterocycles. The maximum absolute atomic E-state index is 12.8. The Morgan fingerprint density at radius 3 is 2.92 bits per heavy atom. The molecule has 0 aliphatic heterocycles. The smallest absolute Gasteiger partial charge is 0.270 e. The molecule has 1 aromatic carbocycles. The average molecular weight is 336 g/mol. The Bertz CT molecular complexity index is 934. The minimum atomic E-state index is -0.0570. The largest absolute Gasteiger partial charge is 0.356 e. The molecule has 4 rings (SSSR count). The minimum absolute atomic E-state index is 0.0287. The lowest BCUT2D eigenvalue weighted by molar-refractivity contribution is 0.0922. The van der Waals surface area contributed by atoms with E-state index >= 15 is 0 Å². The molecule has 1 amide bonds. The van der Waals surface area contributed by atoms with Gasteiger partial charge in [0.1, 0.15) is 5.69 Å². The zero-order valence-corrected chi connectivity index (χ0v) is 15.0. The third-order valence-electron chi connectivity index (χ3n) is 5.14. The molecule has 1 aliphatic rings. The summed E-state index contributed by atoms with van der Waals surface area (Å²) in [5.74, 6) is 0.251. The number of carbonyl (C=O) groups is 1. The molecule has 2 heterocycles. The molecule has 0 radical (unpaired) electrons. The van der Waals surface area contributed by atoms with Crippen LogP contribution in [0.2, 0.25) is 0 Å². The molecule has 2 N–H and O–H groups in total. The van der Waals surface area contributed by atoms with Crippen LogP contribution >= 0.6 is 0 Å². The van der Waals surface area contributed by atoms with Crippen LogP contribution in [0.15, 0.2) is 30.3 Å². The molecule has 0 bridgehead atoms. The fraction of sp³-hybridized carbons (Fsp3) is 0.400. The number of amides is 1. The number of hydrogen-bond acceptors (Lipinski definition) is 2. The predicted molar refractivity (Wildman–Crippen MR) is 98.7 cm³/mol. The van der Waals surface area contributed by atoms with Crippen LogP contribution < -0.4 is 5.32 Å². The van der Waals surface area contributed by atoms with Crippen molar-refractivity contribution >= 4 is 16.8 Å². The first-order chi connectivity index (χ1) is 12.0. The van der Waals surface area contributed by atoms with Gasteiger partial charge in [0.15, 0.2) is 0 Å². The number of aromatic nitrogens is 3. The monoisotopic (exact) mass is 336 g/mol. The fourth-order valence-electron chi connectivity index (χ4n) is 3.78. The molecule has 130 valence electrons. The predicted octanol–water partition coefficient (Wildman–Crippen LogP) is 3.83. The van der Waals surface area contributed by atoms with Gasteiger partial charge >= 0.3 is 0 Å². The first-order valence-corrected chi connectivity index (χ1v) is 8.99. The van der Waals surface area contributed by atoms with E-state index in [0.29, 0.717) is 11.6 Å². The Morgan fingerprint density at radius 2 is 2.16 bits per heavy atom. The lowest BCUT2D eigenvalue weighted by atomic mass is 9.91. The number of benzene rings is 1. The van der Waals surface area contributed by atoms with E-state index in [-0.39, 0.29) is 11.9 Å². The molecular formula is C20H24N4O. The second kappa shape index (κ2) is 6.06.